The summed E-state index contributed by atoms with van der Waals surface area (Å²) < 4.78 is 16.7. The maximum absolute atomic E-state index is 13.3. The lowest BCUT2D eigenvalue weighted by Crippen LogP contribution is -2.55. The lowest BCUT2D eigenvalue weighted by Gasteiger charge is -2.39. The van der Waals surface area contributed by atoms with Gasteiger partial charge in [-0.25, -0.2) is 4.79 Å². The van der Waals surface area contributed by atoms with Crippen molar-refractivity contribution in [2.24, 2.45) is 0 Å². The predicted molar refractivity (Wildman–Crippen MR) is 188 cm³/mol. The number of aryl methyl sites for hydroxylation is 1. The second kappa shape index (κ2) is 17.5. The number of hydrogen-bond donors (Lipinski definition) is 2. The molecule has 0 heterocycles. The fourth-order valence-corrected chi connectivity index (χ4v) is 5.74. The highest BCUT2D eigenvalue weighted by Crippen LogP contribution is 2.37. The first kappa shape index (κ1) is 33.9. The molecule has 7 nitrogen and oxygen atoms in total. The van der Waals surface area contributed by atoms with Gasteiger partial charge in [0.15, 0.2) is 0 Å². The number of carbonyl (C=O) groups excluding carboxylic acids is 2. The molecule has 0 aliphatic heterocycles. The summed E-state index contributed by atoms with van der Waals surface area (Å²) in [6, 6.07) is 47.0. The second-order valence-electron chi connectivity index (χ2n) is 11.5. The highest BCUT2D eigenvalue weighted by Gasteiger charge is 2.40. The number of rotatable bonds is 16. The van der Waals surface area contributed by atoms with Crippen LogP contribution in [0.3, 0.4) is 0 Å². The van der Waals surface area contributed by atoms with E-state index in [-0.39, 0.29) is 13.2 Å². The molecule has 48 heavy (non-hydrogen) atoms. The summed E-state index contributed by atoms with van der Waals surface area (Å²) in [6.45, 7) is 0.866. The largest absolute Gasteiger partial charge is 0.491 e. The molecule has 0 aliphatic rings. The molecule has 0 fully saturated rings. The lowest BCUT2D eigenvalue weighted by molar-refractivity contribution is -0.144. The molecule has 0 saturated carbocycles. The topological polar surface area (TPSA) is 85.9 Å². The van der Waals surface area contributed by atoms with Crippen molar-refractivity contribution in [2.75, 3.05) is 20.3 Å². The van der Waals surface area contributed by atoms with Gasteiger partial charge in [0.05, 0.1) is 12.6 Å². The summed E-state index contributed by atoms with van der Waals surface area (Å²) in [5.41, 5.74) is 4.22. The van der Waals surface area contributed by atoms with E-state index in [0.29, 0.717) is 12.3 Å². The third kappa shape index (κ3) is 9.11. The number of ether oxygens (including phenoxy) is 3. The molecular formula is C41H42N2O5. The van der Waals surface area contributed by atoms with Crippen LogP contribution in [0.1, 0.15) is 40.7 Å². The Balaban J connectivity index is 1.20. The van der Waals surface area contributed by atoms with Gasteiger partial charge in [-0.2, -0.15) is 0 Å². The van der Waals surface area contributed by atoms with E-state index in [2.05, 4.69) is 47.0 Å². The minimum absolute atomic E-state index is 0.0618. The Kier molecular flexibility index (Phi) is 12.4. The molecule has 0 spiro atoms. The van der Waals surface area contributed by atoms with Gasteiger partial charge < -0.3 is 19.5 Å². The molecule has 246 valence electrons. The Morgan fingerprint density at radius 2 is 1.17 bits per heavy atom. The van der Waals surface area contributed by atoms with Crippen LogP contribution in [-0.2, 0) is 32.8 Å². The van der Waals surface area contributed by atoms with Crippen LogP contribution in [-0.4, -0.2) is 38.4 Å². The molecule has 5 aromatic carbocycles. The number of benzene rings is 5. The fraction of sp³-hybridized carbons (Fsp3) is 0.220. The van der Waals surface area contributed by atoms with Crippen molar-refractivity contribution in [1.82, 2.24) is 10.6 Å². The maximum Gasteiger partial charge on any atom is 0.407 e. The van der Waals surface area contributed by atoms with Crippen LogP contribution in [0, 0.1) is 0 Å². The molecule has 0 bridgehead atoms. The quantitative estimate of drug-likeness (QED) is 0.0661. The minimum atomic E-state index is -0.858. The zero-order valence-corrected chi connectivity index (χ0v) is 27.2. The molecule has 0 radical (unpaired) electrons. The first-order chi connectivity index (χ1) is 23.6. The van der Waals surface area contributed by atoms with Crippen LogP contribution in [0.4, 0.5) is 4.79 Å². The van der Waals surface area contributed by atoms with Crippen LogP contribution in [0.2, 0.25) is 0 Å². The lowest BCUT2D eigenvalue weighted by atomic mass is 9.76. The number of alkyl carbamates (subject to hydrolysis) is 1. The van der Waals surface area contributed by atoms with E-state index in [1.165, 1.54) is 7.11 Å². The Bertz CT molecular complexity index is 1580. The smallest absolute Gasteiger partial charge is 0.407 e. The molecule has 5 rings (SSSR count). The Hall–Kier alpha value is -5.40. The highest BCUT2D eigenvalue weighted by atomic mass is 16.5. The molecule has 0 aliphatic carbocycles. The Morgan fingerprint density at radius 3 is 1.69 bits per heavy atom. The van der Waals surface area contributed by atoms with E-state index in [1.54, 1.807) is 0 Å². The number of unbranched alkanes of at least 4 members (excludes halogenated alkanes) is 1. The Labute approximate surface area is 282 Å². The number of carbonyl (C=O) groups is 2. The van der Waals surface area contributed by atoms with E-state index in [1.807, 2.05) is 109 Å². The van der Waals surface area contributed by atoms with Crippen LogP contribution < -0.4 is 15.4 Å². The first-order valence-corrected chi connectivity index (χ1v) is 16.3. The standard InChI is InChI=1S/C41H42N2O5/c1-46-39(44)38(43-41(34-19-8-3-9-20-34,35-21-10-4-11-22-35)36-23-12-5-13-24-36)31-47-37-27-25-32(26-28-37)16-14-15-29-42-40(45)48-30-33-17-6-2-7-18-33/h2-13,17-28,38,43H,14-16,29-31H2,1H3,(H,42,45). The summed E-state index contributed by atoms with van der Waals surface area (Å²) in [4.78, 5) is 25.2. The summed E-state index contributed by atoms with van der Waals surface area (Å²) in [5.74, 6) is 0.235. The van der Waals surface area contributed by atoms with Gasteiger partial charge in [0.25, 0.3) is 0 Å². The Morgan fingerprint density at radius 1 is 0.646 bits per heavy atom. The van der Waals surface area contributed by atoms with Gasteiger partial charge in [0, 0.05) is 6.54 Å². The summed E-state index contributed by atoms with van der Waals surface area (Å²) in [7, 11) is 1.39. The van der Waals surface area contributed by atoms with Crippen molar-refractivity contribution < 1.29 is 23.8 Å². The van der Waals surface area contributed by atoms with Crippen molar-refractivity contribution in [3.8, 4) is 5.75 Å². The molecule has 1 atom stereocenters. The molecule has 2 N–H and O–H groups in total. The minimum Gasteiger partial charge on any atom is -0.491 e. The van der Waals surface area contributed by atoms with Crippen LogP contribution in [0.5, 0.6) is 5.75 Å². The molecule has 0 aromatic heterocycles. The predicted octanol–water partition coefficient (Wildman–Crippen LogP) is 7.44. The number of nitrogens with one attached hydrogen (secondary N) is 2. The first-order valence-electron chi connectivity index (χ1n) is 16.3. The van der Waals surface area contributed by atoms with Gasteiger partial charge in [-0.05, 0) is 59.2 Å². The van der Waals surface area contributed by atoms with E-state index < -0.39 is 23.6 Å². The van der Waals surface area contributed by atoms with Gasteiger partial charge in [-0.1, -0.05) is 133 Å². The van der Waals surface area contributed by atoms with Crippen molar-refractivity contribution in [3.63, 3.8) is 0 Å². The van der Waals surface area contributed by atoms with E-state index in [9.17, 15) is 9.59 Å². The number of hydrogen-bond acceptors (Lipinski definition) is 6. The van der Waals surface area contributed by atoms with Crippen LogP contribution >= 0.6 is 0 Å². The van der Waals surface area contributed by atoms with Gasteiger partial charge >= 0.3 is 12.1 Å². The molecule has 1 unspecified atom stereocenters. The maximum atomic E-state index is 13.3. The van der Waals surface area contributed by atoms with E-state index in [0.717, 1.165) is 47.1 Å². The normalized spacial score (nSPS) is 11.7. The van der Waals surface area contributed by atoms with Crippen molar-refractivity contribution in [2.45, 2.75) is 37.5 Å². The molecule has 7 heteroatoms. The van der Waals surface area contributed by atoms with Gasteiger partial charge in [0.2, 0.25) is 0 Å². The number of amides is 1. The summed E-state index contributed by atoms with van der Waals surface area (Å²) in [6.07, 6.45) is 2.19. The average molecular weight is 643 g/mol. The second-order valence-corrected chi connectivity index (χ2v) is 11.5. The van der Waals surface area contributed by atoms with E-state index >= 15 is 0 Å². The highest BCUT2D eigenvalue weighted by molar-refractivity contribution is 5.76. The number of methoxy groups -OCH3 is 1. The third-order valence-electron chi connectivity index (χ3n) is 8.21. The fourth-order valence-electron chi connectivity index (χ4n) is 5.74. The SMILES string of the molecule is COC(=O)C(COc1ccc(CCCCNC(=O)OCc2ccccc2)cc1)NC(c1ccccc1)(c1ccccc1)c1ccccc1. The zero-order valence-electron chi connectivity index (χ0n) is 27.2. The van der Waals surface area contributed by atoms with Crippen LogP contribution in [0.25, 0.3) is 0 Å². The van der Waals surface area contributed by atoms with Crippen LogP contribution in [0.15, 0.2) is 146 Å². The molecule has 1 amide bonds. The third-order valence-corrected chi connectivity index (χ3v) is 8.21. The number of esters is 1. The van der Waals surface area contributed by atoms with Gasteiger partial charge in [-0.15, -0.1) is 0 Å². The van der Waals surface area contributed by atoms with Gasteiger partial charge in [0.1, 0.15) is 25.0 Å². The average Bonchev–Trinajstić information content (AvgIpc) is 3.16. The zero-order chi connectivity index (χ0) is 33.4. The summed E-state index contributed by atoms with van der Waals surface area (Å²) in [5, 5.41) is 6.49. The molecule has 0 saturated heterocycles. The molecule has 5 aromatic rings. The summed E-state index contributed by atoms with van der Waals surface area (Å²) >= 11 is 0. The van der Waals surface area contributed by atoms with Crippen molar-refractivity contribution in [1.29, 1.82) is 0 Å². The monoisotopic (exact) mass is 642 g/mol. The molecular weight excluding hydrogens is 600 g/mol. The van der Waals surface area contributed by atoms with E-state index in [4.69, 9.17) is 14.2 Å². The van der Waals surface area contributed by atoms with Crippen molar-refractivity contribution in [3.05, 3.63) is 173 Å². The van der Waals surface area contributed by atoms with Crippen molar-refractivity contribution >= 4 is 12.1 Å². The van der Waals surface area contributed by atoms with Gasteiger partial charge in [-0.3, -0.25) is 10.1 Å².